The Kier molecular flexibility index (Phi) is 5.77. The summed E-state index contributed by atoms with van der Waals surface area (Å²) in [5.41, 5.74) is -0.663. The first-order valence-electron chi connectivity index (χ1n) is 7.12. The van der Waals surface area contributed by atoms with E-state index >= 15 is 0 Å². The summed E-state index contributed by atoms with van der Waals surface area (Å²) in [7, 11) is 1.98. The molecular weight excluding hydrogens is 242 g/mol. The molecule has 0 aromatic heterocycles. The number of hydrogen-bond acceptors (Lipinski definition) is 4. The maximum Gasteiger partial charge on any atom is 0.236 e. The van der Waals surface area contributed by atoms with Gasteiger partial charge in [-0.25, -0.2) is 0 Å². The summed E-state index contributed by atoms with van der Waals surface area (Å²) >= 11 is 0. The number of aliphatic hydroxyl groups is 1. The van der Waals surface area contributed by atoms with E-state index in [1.54, 1.807) is 0 Å². The highest BCUT2D eigenvalue weighted by Crippen LogP contribution is 2.09. The van der Waals surface area contributed by atoms with Gasteiger partial charge in [-0.3, -0.25) is 14.6 Å². The highest BCUT2D eigenvalue weighted by molar-refractivity contribution is 5.78. The molecule has 5 nitrogen and oxygen atoms in total. The van der Waals surface area contributed by atoms with Crippen LogP contribution in [0, 0.1) is 0 Å². The third-order valence-electron chi connectivity index (χ3n) is 3.60. The molecule has 0 spiro atoms. The number of piperazine rings is 1. The van der Waals surface area contributed by atoms with Gasteiger partial charge < -0.3 is 10.0 Å². The fourth-order valence-corrected chi connectivity index (χ4v) is 2.20. The standard InChI is InChI=1S/C14H29N3O2/c1-12(2)15(5)10-13(18)17-8-6-16(7-9-17)11-14(3,4)19/h12,19H,6-11H2,1-5H3. The summed E-state index contributed by atoms with van der Waals surface area (Å²) in [6.07, 6.45) is 0. The van der Waals surface area contributed by atoms with Crippen LogP contribution in [0.4, 0.5) is 0 Å². The zero-order chi connectivity index (χ0) is 14.6. The molecule has 0 aromatic rings. The number of rotatable bonds is 5. The van der Waals surface area contributed by atoms with Crippen LogP contribution in [0.5, 0.6) is 0 Å². The van der Waals surface area contributed by atoms with Crippen molar-refractivity contribution in [1.82, 2.24) is 14.7 Å². The van der Waals surface area contributed by atoms with Gasteiger partial charge in [-0.15, -0.1) is 0 Å². The molecule has 0 atom stereocenters. The second kappa shape index (κ2) is 6.68. The minimum Gasteiger partial charge on any atom is -0.389 e. The van der Waals surface area contributed by atoms with Gasteiger partial charge in [0.1, 0.15) is 0 Å². The van der Waals surface area contributed by atoms with Crippen molar-refractivity contribution in [3.8, 4) is 0 Å². The highest BCUT2D eigenvalue weighted by atomic mass is 16.3. The number of carbonyl (C=O) groups excluding carboxylic acids is 1. The van der Waals surface area contributed by atoms with Crippen LogP contribution < -0.4 is 0 Å². The predicted octanol–water partition coefficient (Wildman–Crippen LogP) is 0.242. The van der Waals surface area contributed by atoms with E-state index in [1.807, 2.05) is 25.8 Å². The summed E-state index contributed by atoms with van der Waals surface area (Å²) in [5.74, 6) is 0.208. The number of nitrogens with zero attached hydrogens (tertiary/aromatic N) is 3. The average molecular weight is 271 g/mol. The Hall–Kier alpha value is -0.650. The van der Waals surface area contributed by atoms with E-state index in [0.717, 1.165) is 26.2 Å². The number of hydrogen-bond donors (Lipinski definition) is 1. The minimum absolute atomic E-state index is 0.208. The summed E-state index contributed by atoms with van der Waals surface area (Å²) in [6.45, 7) is 12.2. The Balaban J connectivity index is 2.35. The molecule has 1 aliphatic heterocycles. The second-order valence-electron chi connectivity index (χ2n) is 6.48. The van der Waals surface area contributed by atoms with E-state index < -0.39 is 5.60 Å². The molecule has 0 radical (unpaired) electrons. The predicted molar refractivity (Wildman–Crippen MR) is 77.1 cm³/mol. The Morgan fingerprint density at radius 1 is 1.26 bits per heavy atom. The summed E-state index contributed by atoms with van der Waals surface area (Å²) < 4.78 is 0. The normalized spacial score (nSPS) is 18.4. The fraction of sp³-hybridized carbons (Fsp3) is 0.929. The molecule has 1 rings (SSSR count). The first kappa shape index (κ1) is 16.4. The van der Waals surface area contributed by atoms with Crippen LogP contribution in [0.3, 0.4) is 0 Å². The van der Waals surface area contributed by atoms with Crippen molar-refractivity contribution in [1.29, 1.82) is 0 Å². The van der Waals surface area contributed by atoms with Crippen molar-refractivity contribution in [2.75, 3.05) is 46.3 Å². The molecule has 0 aliphatic carbocycles. The lowest BCUT2D eigenvalue weighted by molar-refractivity contribution is -0.134. The lowest BCUT2D eigenvalue weighted by Crippen LogP contribution is -2.53. The highest BCUT2D eigenvalue weighted by Gasteiger charge is 2.25. The van der Waals surface area contributed by atoms with Crippen molar-refractivity contribution in [2.24, 2.45) is 0 Å². The molecule has 1 amide bonds. The van der Waals surface area contributed by atoms with Gasteiger partial charge in [0.05, 0.1) is 12.1 Å². The summed E-state index contributed by atoms with van der Waals surface area (Å²) in [4.78, 5) is 18.3. The van der Waals surface area contributed by atoms with Crippen LogP contribution >= 0.6 is 0 Å². The quantitative estimate of drug-likeness (QED) is 0.778. The molecule has 1 N–H and O–H groups in total. The average Bonchev–Trinajstić information content (AvgIpc) is 2.27. The lowest BCUT2D eigenvalue weighted by atomic mass is 10.1. The van der Waals surface area contributed by atoms with E-state index in [2.05, 4.69) is 23.6 Å². The molecular formula is C14H29N3O2. The summed E-state index contributed by atoms with van der Waals surface area (Å²) in [5, 5.41) is 9.80. The van der Waals surface area contributed by atoms with Gasteiger partial charge in [0, 0.05) is 38.8 Å². The maximum absolute atomic E-state index is 12.1. The lowest BCUT2D eigenvalue weighted by Gasteiger charge is -2.38. The van der Waals surface area contributed by atoms with E-state index in [9.17, 15) is 9.90 Å². The Bertz CT molecular complexity index is 292. The zero-order valence-corrected chi connectivity index (χ0v) is 13.0. The molecule has 112 valence electrons. The Morgan fingerprint density at radius 2 is 1.79 bits per heavy atom. The van der Waals surface area contributed by atoms with Gasteiger partial charge >= 0.3 is 0 Å². The number of amides is 1. The smallest absolute Gasteiger partial charge is 0.236 e. The largest absolute Gasteiger partial charge is 0.389 e. The van der Waals surface area contributed by atoms with E-state index in [-0.39, 0.29) is 5.91 Å². The van der Waals surface area contributed by atoms with Crippen molar-refractivity contribution in [2.45, 2.75) is 39.3 Å². The van der Waals surface area contributed by atoms with Crippen molar-refractivity contribution >= 4 is 5.91 Å². The van der Waals surface area contributed by atoms with Crippen LogP contribution in [0.15, 0.2) is 0 Å². The molecule has 1 aliphatic rings. The molecule has 1 saturated heterocycles. The molecule has 1 heterocycles. The zero-order valence-electron chi connectivity index (χ0n) is 13.0. The third kappa shape index (κ3) is 5.89. The number of β-amino-alcohol motifs (C(OH)–C–C–N with tert-alkyl or cyclic N) is 1. The van der Waals surface area contributed by atoms with Crippen LogP contribution in [0.2, 0.25) is 0 Å². The van der Waals surface area contributed by atoms with E-state index in [4.69, 9.17) is 0 Å². The molecule has 0 aromatic carbocycles. The molecule has 5 heteroatoms. The van der Waals surface area contributed by atoms with Crippen LogP contribution in [-0.2, 0) is 4.79 Å². The van der Waals surface area contributed by atoms with Gasteiger partial charge in [0.25, 0.3) is 0 Å². The molecule has 0 unspecified atom stereocenters. The van der Waals surface area contributed by atoms with Gasteiger partial charge in [-0.05, 0) is 34.7 Å². The SMILES string of the molecule is CC(C)N(C)CC(=O)N1CCN(CC(C)(C)O)CC1. The van der Waals surface area contributed by atoms with E-state index in [0.29, 0.717) is 19.1 Å². The Morgan fingerprint density at radius 3 is 2.21 bits per heavy atom. The maximum atomic E-state index is 12.1. The third-order valence-corrected chi connectivity index (χ3v) is 3.60. The van der Waals surface area contributed by atoms with Crippen LogP contribution in [-0.4, -0.2) is 83.7 Å². The van der Waals surface area contributed by atoms with Gasteiger partial charge in [-0.2, -0.15) is 0 Å². The molecule has 0 saturated carbocycles. The summed E-state index contributed by atoms with van der Waals surface area (Å²) in [6, 6.07) is 0.389. The Labute approximate surface area is 117 Å². The minimum atomic E-state index is -0.663. The molecule has 19 heavy (non-hydrogen) atoms. The molecule has 1 fully saturated rings. The van der Waals surface area contributed by atoms with Crippen molar-refractivity contribution < 1.29 is 9.90 Å². The van der Waals surface area contributed by atoms with Gasteiger partial charge in [-0.1, -0.05) is 0 Å². The van der Waals surface area contributed by atoms with Crippen LogP contribution in [0.1, 0.15) is 27.7 Å². The van der Waals surface area contributed by atoms with Crippen LogP contribution in [0.25, 0.3) is 0 Å². The number of carbonyl (C=O) groups is 1. The van der Waals surface area contributed by atoms with Crippen molar-refractivity contribution in [3.63, 3.8) is 0 Å². The van der Waals surface area contributed by atoms with E-state index in [1.165, 1.54) is 0 Å². The van der Waals surface area contributed by atoms with Gasteiger partial charge in [0.2, 0.25) is 5.91 Å². The number of likely N-dealkylation sites (N-methyl/N-ethyl adjacent to an activating group) is 1. The topological polar surface area (TPSA) is 47.0 Å². The monoisotopic (exact) mass is 271 g/mol. The fourth-order valence-electron chi connectivity index (χ4n) is 2.20. The van der Waals surface area contributed by atoms with Gasteiger partial charge in [0.15, 0.2) is 0 Å². The first-order chi connectivity index (χ1) is 8.69. The second-order valence-corrected chi connectivity index (χ2v) is 6.48. The van der Waals surface area contributed by atoms with Crippen molar-refractivity contribution in [3.05, 3.63) is 0 Å². The molecule has 0 bridgehead atoms. The first-order valence-corrected chi connectivity index (χ1v) is 7.12.